The van der Waals surface area contributed by atoms with Crippen molar-refractivity contribution in [3.05, 3.63) is 47.8 Å². The maximum atomic E-state index is 13.4. The summed E-state index contributed by atoms with van der Waals surface area (Å²) in [6, 6.07) is 5.04. The largest absolute Gasteiger partial charge is 0.350 e. The van der Waals surface area contributed by atoms with Crippen LogP contribution in [0.2, 0.25) is 0 Å². The predicted octanol–water partition coefficient (Wildman–Crippen LogP) is 3.19. The topological polar surface area (TPSA) is 86.8 Å². The van der Waals surface area contributed by atoms with Crippen molar-refractivity contribution in [3.63, 3.8) is 0 Å². The Morgan fingerprint density at radius 1 is 1.09 bits per heavy atom. The highest BCUT2D eigenvalue weighted by Crippen LogP contribution is 2.35. The number of likely N-dealkylation sites (tertiary alicyclic amines) is 1. The molecule has 0 bridgehead atoms. The van der Waals surface area contributed by atoms with E-state index in [4.69, 9.17) is 0 Å². The first-order chi connectivity index (χ1) is 16.0. The summed E-state index contributed by atoms with van der Waals surface area (Å²) < 4.78 is 13.4. The van der Waals surface area contributed by atoms with Gasteiger partial charge in [-0.15, -0.1) is 0 Å². The minimum atomic E-state index is -0.742. The van der Waals surface area contributed by atoms with Crippen molar-refractivity contribution >= 4 is 23.6 Å². The van der Waals surface area contributed by atoms with Gasteiger partial charge in [-0.3, -0.25) is 24.1 Å². The molecule has 0 radical (unpaired) electrons. The lowest BCUT2D eigenvalue weighted by Crippen LogP contribution is -2.53. The van der Waals surface area contributed by atoms with E-state index in [0.717, 1.165) is 0 Å². The summed E-state index contributed by atoms with van der Waals surface area (Å²) in [5.41, 5.74) is 0.204. The Morgan fingerprint density at radius 3 is 2.15 bits per heavy atom. The Hall–Kier alpha value is -3.03. The van der Waals surface area contributed by atoms with Crippen LogP contribution in [0.1, 0.15) is 58.9 Å². The maximum absolute atomic E-state index is 13.4. The monoisotopic (exact) mass is 471 g/mol. The van der Waals surface area contributed by atoms with Crippen LogP contribution >= 0.6 is 0 Å². The molecule has 2 aliphatic rings. The molecule has 1 aromatic rings. The molecule has 3 rings (SSSR count). The average Bonchev–Trinajstić information content (AvgIpc) is 3.02. The molecular formula is C26H34FN3O4. The van der Waals surface area contributed by atoms with Gasteiger partial charge in [-0.25, -0.2) is 4.39 Å². The summed E-state index contributed by atoms with van der Waals surface area (Å²) in [6.45, 7) is 7.52. The van der Waals surface area contributed by atoms with Crippen LogP contribution in [-0.4, -0.2) is 51.6 Å². The summed E-state index contributed by atoms with van der Waals surface area (Å²) in [7, 11) is 0. The zero-order chi connectivity index (χ0) is 25.0. The number of hydrogen-bond donors (Lipinski definition) is 1. The minimum Gasteiger partial charge on any atom is -0.350 e. The third-order valence-electron chi connectivity index (χ3n) is 6.30. The third-order valence-corrected chi connectivity index (χ3v) is 6.30. The third kappa shape index (κ3) is 5.90. The zero-order valence-electron chi connectivity index (χ0n) is 20.3. The van der Waals surface area contributed by atoms with Crippen LogP contribution in [0.15, 0.2) is 36.4 Å². The number of rotatable bonds is 8. The van der Waals surface area contributed by atoms with Gasteiger partial charge >= 0.3 is 0 Å². The fourth-order valence-electron chi connectivity index (χ4n) is 4.60. The number of nitrogens with one attached hydrogen (secondary N) is 1. The number of imide groups is 1. The second kappa shape index (κ2) is 10.5. The number of carbonyl (C=O) groups excluding carboxylic acids is 4. The molecule has 8 heteroatoms. The van der Waals surface area contributed by atoms with Gasteiger partial charge in [0.15, 0.2) is 0 Å². The van der Waals surface area contributed by atoms with Crippen LogP contribution in [0.25, 0.3) is 0 Å². The van der Waals surface area contributed by atoms with Crippen LogP contribution in [0.3, 0.4) is 0 Å². The van der Waals surface area contributed by atoms with Gasteiger partial charge < -0.3 is 10.2 Å². The van der Waals surface area contributed by atoms with Crippen molar-refractivity contribution in [1.29, 1.82) is 0 Å². The molecule has 1 saturated heterocycles. The van der Waals surface area contributed by atoms with Crippen LogP contribution in [0, 0.1) is 17.7 Å². The molecule has 34 heavy (non-hydrogen) atoms. The second-order valence-corrected chi connectivity index (χ2v) is 10.0. The predicted molar refractivity (Wildman–Crippen MR) is 126 cm³/mol. The Balaban J connectivity index is 1.77. The Kier molecular flexibility index (Phi) is 7.89. The average molecular weight is 472 g/mol. The molecule has 1 fully saturated rings. The molecular weight excluding hydrogens is 437 g/mol. The van der Waals surface area contributed by atoms with Crippen LogP contribution in [0.5, 0.6) is 0 Å². The molecule has 1 N–H and O–H groups in total. The SMILES string of the molecule is CC[C@@H](C(=O)NC(C)(C)C)N(Cc1ccc(F)cc1)C(=O)CCN1C(=O)[C@H]2CC=CC[C@H]2C1=O. The van der Waals surface area contributed by atoms with E-state index in [1.165, 1.54) is 21.9 Å². The van der Waals surface area contributed by atoms with E-state index in [2.05, 4.69) is 5.32 Å². The van der Waals surface area contributed by atoms with Gasteiger partial charge in [-0.2, -0.15) is 0 Å². The van der Waals surface area contributed by atoms with Crippen LogP contribution < -0.4 is 5.32 Å². The van der Waals surface area contributed by atoms with Crippen molar-refractivity contribution in [3.8, 4) is 0 Å². The first kappa shape index (κ1) is 25.6. The van der Waals surface area contributed by atoms with Gasteiger partial charge in [0.1, 0.15) is 11.9 Å². The standard InChI is InChI=1S/C26H34FN3O4/c1-5-21(23(32)28-26(2,3)4)30(16-17-10-12-18(27)13-11-17)22(31)14-15-29-24(33)19-8-6-7-9-20(19)25(29)34/h6-7,10-13,19-21H,5,8-9,14-16H2,1-4H3,(H,28,32)/t19-,20+,21-/m0/s1. The minimum absolute atomic E-state index is 0.0132. The molecule has 0 aromatic heterocycles. The van der Waals surface area contributed by atoms with Gasteiger partial charge in [0.2, 0.25) is 23.6 Å². The van der Waals surface area contributed by atoms with E-state index in [-0.39, 0.29) is 60.8 Å². The number of halogens is 1. The molecule has 0 saturated carbocycles. The van der Waals surface area contributed by atoms with E-state index >= 15 is 0 Å². The molecule has 1 aromatic carbocycles. The van der Waals surface area contributed by atoms with Crippen molar-refractivity contribution in [1.82, 2.24) is 15.1 Å². The molecule has 0 unspecified atom stereocenters. The molecule has 1 heterocycles. The number of carbonyl (C=O) groups is 4. The smallest absolute Gasteiger partial charge is 0.243 e. The maximum Gasteiger partial charge on any atom is 0.243 e. The quantitative estimate of drug-likeness (QED) is 0.466. The number of nitrogens with zero attached hydrogens (tertiary/aromatic N) is 2. The highest BCUT2D eigenvalue weighted by molar-refractivity contribution is 6.05. The van der Waals surface area contributed by atoms with Crippen molar-refractivity contribution in [2.24, 2.45) is 11.8 Å². The lowest BCUT2D eigenvalue weighted by atomic mass is 9.85. The molecule has 1 aliphatic carbocycles. The van der Waals surface area contributed by atoms with Crippen molar-refractivity contribution < 1.29 is 23.6 Å². The zero-order valence-corrected chi connectivity index (χ0v) is 20.3. The number of fused-ring (bicyclic) bond motifs is 1. The highest BCUT2D eigenvalue weighted by Gasteiger charge is 2.47. The molecule has 184 valence electrons. The van der Waals surface area contributed by atoms with Crippen LogP contribution in [-0.2, 0) is 25.7 Å². The number of amides is 4. The van der Waals surface area contributed by atoms with Gasteiger partial charge in [0.05, 0.1) is 11.8 Å². The van der Waals surface area contributed by atoms with E-state index < -0.39 is 11.6 Å². The van der Waals surface area contributed by atoms with Crippen LogP contribution in [0.4, 0.5) is 4.39 Å². The molecule has 3 atom stereocenters. The van der Waals surface area contributed by atoms with Gasteiger partial charge in [0.25, 0.3) is 0 Å². The normalized spacial score (nSPS) is 20.8. The lowest BCUT2D eigenvalue weighted by molar-refractivity contribution is -0.144. The van der Waals surface area contributed by atoms with E-state index in [9.17, 15) is 23.6 Å². The first-order valence-electron chi connectivity index (χ1n) is 11.9. The van der Waals surface area contributed by atoms with Gasteiger partial charge in [-0.1, -0.05) is 31.2 Å². The van der Waals surface area contributed by atoms with E-state index in [1.54, 1.807) is 12.1 Å². The van der Waals surface area contributed by atoms with Crippen molar-refractivity contribution in [2.45, 2.75) is 71.5 Å². The number of allylic oxidation sites excluding steroid dienone is 2. The summed E-state index contributed by atoms with van der Waals surface area (Å²) >= 11 is 0. The van der Waals surface area contributed by atoms with E-state index in [0.29, 0.717) is 24.8 Å². The fourth-order valence-corrected chi connectivity index (χ4v) is 4.60. The lowest BCUT2D eigenvalue weighted by Gasteiger charge is -2.33. The summed E-state index contributed by atoms with van der Waals surface area (Å²) in [6.07, 6.45) is 5.23. The number of benzene rings is 1. The molecule has 0 spiro atoms. The second-order valence-electron chi connectivity index (χ2n) is 10.0. The molecule has 1 aliphatic heterocycles. The first-order valence-corrected chi connectivity index (χ1v) is 11.9. The highest BCUT2D eigenvalue weighted by atomic mass is 19.1. The summed E-state index contributed by atoms with van der Waals surface area (Å²) in [4.78, 5) is 54.6. The Bertz CT molecular complexity index is 941. The Labute approximate surface area is 200 Å². The summed E-state index contributed by atoms with van der Waals surface area (Å²) in [5.74, 6) is -2.15. The van der Waals surface area contributed by atoms with Gasteiger partial charge in [0, 0.05) is 25.0 Å². The van der Waals surface area contributed by atoms with E-state index in [1.807, 2.05) is 39.8 Å². The number of hydrogen-bond acceptors (Lipinski definition) is 4. The fraction of sp³-hybridized carbons (Fsp3) is 0.538. The summed E-state index contributed by atoms with van der Waals surface area (Å²) in [5, 5.41) is 2.93. The van der Waals surface area contributed by atoms with Crippen molar-refractivity contribution in [2.75, 3.05) is 6.54 Å². The molecule has 7 nitrogen and oxygen atoms in total. The Morgan fingerprint density at radius 2 is 1.65 bits per heavy atom. The molecule has 4 amide bonds. The van der Waals surface area contributed by atoms with Gasteiger partial charge in [-0.05, 0) is 57.7 Å².